The topological polar surface area (TPSA) is 103 Å². The van der Waals surface area contributed by atoms with Gasteiger partial charge in [0.25, 0.3) is 11.8 Å². The Labute approximate surface area is 192 Å². The van der Waals surface area contributed by atoms with Crippen LogP contribution in [0.1, 0.15) is 47.1 Å². The second kappa shape index (κ2) is 9.81. The van der Waals surface area contributed by atoms with E-state index in [1.807, 2.05) is 0 Å². The summed E-state index contributed by atoms with van der Waals surface area (Å²) >= 11 is 0. The van der Waals surface area contributed by atoms with Crippen molar-refractivity contribution in [1.29, 1.82) is 0 Å². The average molecular weight is 456 g/mol. The average Bonchev–Trinajstić information content (AvgIpc) is 3.00. The monoisotopic (exact) mass is 456 g/mol. The Morgan fingerprint density at radius 1 is 0.970 bits per heavy atom. The molecule has 0 saturated heterocycles. The summed E-state index contributed by atoms with van der Waals surface area (Å²) in [7, 11) is 3.05. The van der Waals surface area contributed by atoms with Gasteiger partial charge in [-0.05, 0) is 50.6 Å². The number of hydrogen-bond acceptors (Lipinski definition) is 7. The van der Waals surface area contributed by atoms with E-state index in [1.54, 1.807) is 57.2 Å². The third-order valence-corrected chi connectivity index (χ3v) is 4.78. The maximum Gasteiger partial charge on any atom is 0.407 e. The summed E-state index contributed by atoms with van der Waals surface area (Å²) in [6.45, 7) is 5.67. The van der Waals surface area contributed by atoms with E-state index < -0.39 is 23.5 Å². The van der Waals surface area contributed by atoms with E-state index in [9.17, 15) is 14.4 Å². The number of carbonyl (C=O) groups excluding carboxylic acids is 3. The highest BCUT2D eigenvalue weighted by Gasteiger charge is 2.38. The second-order valence-corrected chi connectivity index (χ2v) is 8.34. The van der Waals surface area contributed by atoms with Crippen molar-refractivity contribution in [2.75, 3.05) is 27.4 Å². The van der Waals surface area contributed by atoms with E-state index in [1.165, 1.54) is 14.2 Å². The van der Waals surface area contributed by atoms with Crippen LogP contribution in [0.15, 0.2) is 36.4 Å². The SMILES string of the molecule is COc1ccc(CN2C(=O)c3cccc(OCCNC(=O)OC(C)(C)C)c3C2=O)cc1OC. The molecule has 0 unspecified atom stereocenters. The highest BCUT2D eigenvalue weighted by molar-refractivity contribution is 6.22. The van der Waals surface area contributed by atoms with Crippen LogP contribution in [-0.4, -0.2) is 55.8 Å². The number of benzene rings is 2. The van der Waals surface area contributed by atoms with Gasteiger partial charge in [0.05, 0.1) is 38.4 Å². The summed E-state index contributed by atoms with van der Waals surface area (Å²) < 4.78 is 21.4. The summed E-state index contributed by atoms with van der Waals surface area (Å²) in [5, 5.41) is 2.59. The Balaban J connectivity index is 1.68. The summed E-state index contributed by atoms with van der Waals surface area (Å²) in [5.74, 6) is 0.502. The molecule has 0 bridgehead atoms. The minimum atomic E-state index is -0.602. The fraction of sp³-hybridized carbons (Fsp3) is 0.375. The molecule has 0 radical (unpaired) electrons. The molecule has 33 heavy (non-hydrogen) atoms. The van der Waals surface area contributed by atoms with Crippen molar-refractivity contribution in [3.05, 3.63) is 53.1 Å². The number of amides is 3. The van der Waals surface area contributed by atoms with Gasteiger partial charge in [-0.2, -0.15) is 0 Å². The first-order valence-electron chi connectivity index (χ1n) is 10.4. The van der Waals surface area contributed by atoms with Gasteiger partial charge in [-0.3, -0.25) is 14.5 Å². The molecule has 0 saturated carbocycles. The van der Waals surface area contributed by atoms with Crippen molar-refractivity contribution in [1.82, 2.24) is 10.2 Å². The first-order valence-corrected chi connectivity index (χ1v) is 10.4. The minimum absolute atomic E-state index is 0.0757. The van der Waals surface area contributed by atoms with Crippen LogP contribution in [0, 0.1) is 0 Å². The standard InChI is InChI=1S/C24H28N2O7/c1-24(2,3)33-23(29)25-11-12-32-18-8-6-7-16-20(18)22(28)26(21(16)27)14-15-9-10-17(30-4)19(13-15)31-5/h6-10,13H,11-12,14H2,1-5H3,(H,25,29). The van der Waals surface area contributed by atoms with Crippen molar-refractivity contribution in [3.8, 4) is 17.2 Å². The third-order valence-electron chi connectivity index (χ3n) is 4.78. The van der Waals surface area contributed by atoms with Gasteiger partial charge in [0.2, 0.25) is 0 Å². The van der Waals surface area contributed by atoms with Crippen molar-refractivity contribution in [2.24, 2.45) is 0 Å². The number of nitrogens with zero attached hydrogens (tertiary/aromatic N) is 1. The van der Waals surface area contributed by atoms with E-state index in [0.29, 0.717) is 17.1 Å². The zero-order chi connectivity index (χ0) is 24.2. The van der Waals surface area contributed by atoms with Gasteiger partial charge >= 0.3 is 6.09 Å². The number of nitrogens with one attached hydrogen (secondary N) is 1. The number of methoxy groups -OCH3 is 2. The Bertz CT molecular complexity index is 1060. The van der Waals surface area contributed by atoms with E-state index in [2.05, 4.69) is 5.32 Å². The fourth-order valence-corrected chi connectivity index (χ4v) is 3.36. The van der Waals surface area contributed by atoms with Gasteiger partial charge in [-0.15, -0.1) is 0 Å². The van der Waals surface area contributed by atoms with E-state index in [0.717, 1.165) is 4.90 Å². The highest BCUT2D eigenvalue weighted by Crippen LogP contribution is 2.33. The quantitative estimate of drug-likeness (QED) is 0.480. The molecular formula is C24H28N2O7. The van der Waals surface area contributed by atoms with Crippen molar-refractivity contribution < 1.29 is 33.3 Å². The van der Waals surface area contributed by atoms with Crippen molar-refractivity contribution in [2.45, 2.75) is 32.9 Å². The normalized spacial score (nSPS) is 12.9. The smallest absolute Gasteiger partial charge is 0.407 e. The number of alkyl carbamates (subject to hydrolysis) is 1. The Hall–Kier alpha value is -3.75. The predicted octanol–water partition coefficient (Wildman–Crippen LogP) is 3.40. The van der Waals surface area contributed by atoms with Gasteiger partial charge in [0.15, 0.2) is 11.5 Å². The van der Waals surface area contributed by atoms with Crippen LogP contribution in [0.2, 0.25) is 0 Å². The molecule has 0 fully saturated rings. The minimum Gasteiger partial charge on any atom is -0.493 e. The molecule has 2 aromatic rings. The molecule has 3 amide bonds. The second-order valence-electron chi connectivity index (χ2n) is 8.34. The molecule has 0 aromatic heterocycles. The maximum absolute atomic E-state index is 13.1. The summed E-state index contributed by atoms with van der Waals surface area (Å²) in [6.07, 6.45) is -0.559. The number of imide groups is 1. The van der Waals surface area contributed by atoms with Gasteiger partial charge in [0, 0.05) is 0 Å². The van der Waals surface area contributed by atoms with Gasteiger partial charge in [0.1, 0.15) is 18.0 Å². The lowest BCUT2D eigenvalue weighted by Gasteiger charge is -2.19. The predicted molar refractivity (Wildman–Crippen MR) is 120 cm³/mol. The number of ether oxygens (including phenoxy) is 4. The van der Waals surface area contributed by atoms with Crippen LogP contribution < -0.4 is 19.5 Å². The van der Waals surface area contributed by atoms with Gasteiger partial charge in [-0.25, -0.2) is 4.79 Å². The van der Waals surface area contributed by atoms with Gasteiger partial charge in [-0.1, -0.05) is 12.1 Å². The molecule has 9 heteroatoms. The lowest BCUT2D eigenvalue weighted by atomic mass is 10.1. The molecule has 1 aliphatic heterocycles. The van der Waals surface area contributed by atoms with Crippen LogP contribution in [0.5, 0.6) is 17.2 Å². The number of hydrogen-bond donors (Lipinski definition) is 1. The zero-order valence-electron chi connectivity index (χ0n) is 19.4. The fourth-order valence-electron chi connectivity index (χ4n) is 3.36. The first kappa shape index (κ1) is 23.9. The van der Waals surface area contributed by atoms with Crippen LogP contribution in [0.3, 0.4) is 0 Å². The number of fused-ring (bicyclic) bond motifs is 1. The molecule has 9 nitrogen and oxygen atoms in total. The zero-order valence-corrected chi connectivity index (χ0v) is 19.4. The molecule has 3 rings (SSSR count). The van der Waals surface area contributed by atoms with E-state index in [4.69, 9.17) is 18.9 Å². The molecule has 1 N–H and O–H groups in total. The summed E-state index contributed by atoms with van der Waals surface area (Å²) in [6, 6.07) is 10.1. The molecule has 176 valence electrons. The Morgan fingerprint density at radius 3 is 2.36 bits per heavy atom. The first-order chi connectivity index (χ1) is 15.6. The molecule has 0 atom stereocenters. The molecule has 2 aromatic carbocycles. The number of rotatable bonds is 8. The van der Waals surface area contributed by atoms with Crippen molar-refractivity contribution in [3.63, 3.8) is 0 Å². The molecular weight excluding hydrogens is 428 g/mol. The Kier molecular flexibility index (Phi) is 7.10. The van der Waals surface area contributed by atoms with E-state index in [-0.39, 0.29) is 36.6 Å². The van der Waals surface area contributed by atoms with Crippen LogP contribution in [0.4, 0.5) is 4.79 Å². The van der Waals surface area contributed by atoms with Crippen LogP contribution in [-0.2, 0) is 11.3 Å². The Morgan fingerprint density at radius 2 is 1.70 bits per heavy atom. The van der Waals surface area contributed by atoms with Crippen molar-refractivity contribution >= 4 is 17.9 Å². The molecule has 0 spiro atoms. The van der Waals surface area contributed by atoms with Gasteiger partial charge < -0.3 is 24.3 Å². The third kappa shape index (κ3) is 5.54. The molecule has 0 aliphatic carbocycles. The highest BCUT2D eigenvalue weighted by atomic mass is 16.6. The van der Waals surface area contributed by atoms with E-state index >= 15 is 0 Å². The largest absolute Gasteiger partial charge is 0.493 e. The number of carbonyl (C=O) groups is 3. The maximum atomic E-state index is 13.1. The summed E-state index contributed by atoms with van der Waals surface area (Å²) in [5.41, 5.74) is 0.597. The van der Waals surface area contributed by atoms with Crippen LogP contribution >= 0.6 is 0 Å². The molecule has 1 aliphatic rings. The summed E-state index contributed by atoms with van der Waals surface area (Å²) in [4.78, 5) is 38.9. The lowest BCUT2D eigenvalue weighted by molar-refractivity contribution is 0.0517. The van der Waals surface area contributed by atoms with Crippen LogP contribution in [0.25, 0.3) is 0 Å². The lowest BCUT2D eigenvalue weighted by Crippen LogP contribution is -2.34. The molecule has 1 heterocycles.